The summed E-state index contributed by atoms with van der Waals surface area (Å²) < 4.78 is 26.3. The average Bonchev–Trinajstić information content (AvgIpc) is 2.99. The van der Waals surface area contributed by atoms with Crippen LogP contribution < -0.4 is 30.3 Å². The zero-order valence-corrected chi connectivity index (χ0v) is 24.4. The molecule has 1 aliphatic heterocycles. The van der Waals surface area contributed by atoms with Crippen LogP contribution in [-0.4, -0.2) is 68.0 Å². The first kappa shape index (κ1) is 28.9. The molecule has 42 heavy (non-hydrogen) atoms. The second-order valence-electron chi connectivity index (χ2n) is 10.4. The minimum atomic E-state index is -0.745. The van der Waals surface area contributed by atoms with Crippen LogP contribution in [0.2, 0.25) is 0 Å². The Bertz CT molecular complexity index is 1650. The fourth-order valence-electron chi connectivity index (χ4n) is 5.16. The normalized spacial score (nSPS) is 14.5. The number of aromatic nitrogens is 2. The number of anilines is 2. The van der Waals surface area contributed by atoms with Gasteiger partial charge in [0.25, 0.3) is 5.56 Å². The molecule has 3 aromatic carbocycles. The number of nitrogens with one attached hydrogen (secondary N) is 1. The smallest absolute Gasteiger partial charge is 0.327 e. The molecule has 1 unspecified atom stereocenters. The van der Waals surface area contributed by atoms with E-state index in [9.17, 15) is 14.0 Å². The molecule has 1 aromatic heterocycles. The van der Waals surface area contributed by atoms with Crippen molar-refractivity contribution < 1.29 is 18.7 Å². The number of benzene rings is 3. The van der Waals surface area contributed by atoms with Gasteiger partial charge in [-0.25, -0.2) is 18.8 Å². The van der Waals surface area contributed by atoms with Crippen LogP contribution in [0.4, 0.5) is 20.6 Å². The lowest BCUT2D eigenvalue weighted by Gasteiger charge is -2.38. The largest absolute Gasteiger partial charge is 0.497 e. The van der Waals surface area contributed by atoms with Crippen LogP contribution >= 0.6 is 0 Å². The van der Waals surface area contributed by atoms with Crippen LogP contribution in [0.5, 0.6) is 11.5 Å². The van der Waals surface area contributed by atoms with E-state index in [1.807, 2.05) is 44.1 Å². The minimum absolute atomic E-state index is 0.198. The number of methoxy groups -OCH3 is 2. The van der Waals surface area contributed by atoms with Gasteiger partial charge in [0.1, 0.15) is 17.3 Å². The van der Waals surface area contributed by atoms with Gasteiger partial charge in [-0.1, -0.05) is 11.6 Å². The molecule has 1 N–H and O–H groups in total. The Morgan fingerprint density at radius 1 is 1.00 bits per heavy atom. The maximum Gasteiger partial charge on any atom is 0.327 e. The van der Waals surface area contributed by atoms with E-state index in [1.54, 1.807) is 30.0 Å². The van der Waals surface area contributed by atoms with Gasteiger partial charge in [-0.15, -0.1) is 0 Å². The molecule has 0 radical (unpaired) electrons. The van der Waals surface area contributed by atoms with Gasteiger partial charge in [-0.3, -0.25) is 9.69 Å². The molecule has 0 aliphatic carbocycles. The molecule has 1 fully saturated rings. The molecule has 1 aliphatic rings. The zero-order valence-electron chi connectivity index (χ0n) is 24.4. The Morgan fingerprint density at radius 3 is 2.38 bits per heavy atom. The molecule has 0 bridgehead atoms. The Hall–Kier alpha value is -4.64. The predicted molar refractivity (Wildman–Crippen MR) is 162 cm³/mol. The number of piperazine rings is 1. The lowest BCUT2D eigenvalue weighted by molar-refractivity contribution is 0.253. The maximum absolute atomic E-state index is 14.1. The molecule has 1 atom stereocenters. The summed E-state index contributed by atoms with van der Waals surface area (Å²) in [6, 6.07) is 15.0. The number of carbonyl (C=O) groups excluding carboxylic acids is 1. The van der Waals surface area contributed by atoms with Crippen LogP contribution in [0.3, 0.4) is 0 Å². The van der Waals surface area contributed by atoms with Crippen LogP contribution in [0, 0.1) is 12.7 Å². The summed E-state index contributed by atoms with van der Waals surface area (Å²) in [5, 5.41) is 5.36. The first-order chi connectivity index (χ1) is 20.2. The number of likely N-dealkylation sites (N-methyl/N-ethyl adjacent to an activating group) is 1. The summed E-state index contributed by atoms with van der Waals surface area (Å²) in [6.45, 7) is 6.53. The van der Waals surface area contributed by atoms with Crippen molar-refractivity contribution in [1.82, 2.24) is 14.6 Å². The Labute approximate surface area is 243 Å². The molecule has 11 heteroatoms. The van der Waals surface area contributed by atoms with Gasteiger partial charge in [-0.2, -0.15) is 0 Å². The number of fused-ring (bicyclic) bond motifs is 1. The van der Waals surface area contributed by atoms with Crippen molar-refractivity contribution in [3.05, 3.63) is 88.2 Å². The van der Waals surface area contributed by atoms with Crippen molar-refractivity contribution in [2.45, 2.75) is 19.9 Å². The number of amides is 2. The Kier molecular flexibility index (Phi) is 8.30. The monoisotopic (exact) mass is 574 g/mol. The first-order valence-electron chi connectivity index (χ1n) is 13.7. The highest BCUT2D eigenvalue weighted by Crippen LogP contribution is 2.37. The average molecular weight is 575 g/mol. The lowest BCUT2D eigenvalue weighted by atomic mass is 10.1. The molecule has 0 saturated carbocycles. The number of hydrogen-bond acceptors (Lipinski definition) is 7. The number of aryl methyl sites for hydroxylation is 1. The second-order valence-corrected chi connectivity index (χ2v) is 10.4. The van der Waals surface area contributed by atoms with Crippen LogP contribution in [0.15, 0.2) is 65.5 Å². The quantitative estimate of drug-likeness (QED) is 0.346. The van der Waals surface area contributed by atoms with Gasteiger partial charge in [0.15, 0.2) is 5.82 Å². The number of urea groups is 1. The third-order valence-electron chi connectivity index (χ3n) is 7.51. The van der Waals surface area contributed by atoms with Crippen molar-refractivity contribution in [2.75, 3.05) is 62.7 Å². The Balaban J connectivity index is 1.69. The van der Waals surface area contributed by atoms with Gasteiger partial charge in [0.05, 0.1) is 36.9 Å². The summed E-state index contributed by atoms with van der Waals surface area (Å²) in [4.78, 5) is 36.9. The van der Waals surface area contributed by atoms with Crippen molar-refractivity contribution in [2.24, 2.45) is 0 Å². The second kappa shape index (κ2) is 12.1. The summed E-state index contributed by atoms with van der Waals surface area (Å²) in [7, 11) is 5.10. The van der Waals surface area contributed by atoms with E-state index in [-0.39, 0.29) is 5.56 Å². The molecular formula is C31H35FN6O4. The molecule has 2 heterocycles. The molecule has 220 valence electrons. The highest BCUT2D eigenvalue weighted by molar-refractivity contribution is 6.03. The van der Waals surface area contributed by atoms with Crippen LogP contribution in [0.1, 0.15) is 24.4 Å². The predicted octanol–water partition coefficient (Wildman–Crippen LogP) is 4.54. The lowest BCUT2D eigenvalue weighted by Crippen LogP contribution is -2.55. The fourth-order valence-corrected chi connectivity index (χ4v) is 5.16. The minimum Gasteiger partial charge on any atom is -0.497 e. The standard InChI is InChI=1S/C31H35FN6O4/c1-20-6-12-26-25(18-20)30(39)38(36-16-14-35(3)15-17-36)29(34-26)21(2)37(27-13-11-24(41-4)19-28(27)42-5)31(40)33-23-9-7-22(32)8-10-23/h6-13,18-19,21H,14-17H2,1-5H3,(H,33,40). The van der Waals surface area contributed by atoms with Crippen molar-refractivity contribution in [3.63, 3.8) is 0 Å². The van der Waals surface area contributed by atoms with Crippen LogP contribution in [-0.2, 0) is 0 Å². The number of hydrogen-bond donors (Lipinski definition) is 1. The van der Waals surface area contributed by atoms with Gasteiger partial charge < -0.3 is 24.7 Å². The van der Waals surface area contributed by atoms with Crippen molar-refractivity contribution in [1.29, 1.82) is 0 Å². The van der Waals surface area contributed by atoms with Gasteiger partial charge >= 0.3 is 6.03 Å². The number of nitrogens with zero attached hydrogens (tertiary/aromatic N) is 5. The van der Waals surface area contributed by atoms with E-state index in [4.69, 9.17) is 14.5 Å². The summed E-state index contributed by atoms with van der Waals surface area (Å²) in [5.74, 6) is 0.922. The number of carbonyl (C=O) groups is 1. The van der Waals surface area contributed by atoms with Crippen molar-refractivity contribution in [3.8, 4) is 11.5 Å². The topological polar surface area (TPSA) is 92.2 Å². The Morgan fingerprint density at radius 2 is 1.71 bits per heavy atom. The molecule has 2 amide bonds. The number of ether oxygens (including phenoxy) is 2. The van der Waals surface area contributed by atoms with E-state index < -0.39 is 17.9 Å². The van der Waals surface area contributed by atoms with E-state index in [0.717, 1.165) is 18.7 Å². The SMILES string of the molecule is COc1ccc(N(C(=O)Nc2ccc(F)cc2)C(C)c2nc3ccc(C)cc3c(=O)n2N2CCN(C)CC2)c(OC)c1. The number of rotatable bonds is 7. The van der Waals surface area contributed by atoms with E-state index in [0.29, 0.717) is 52.7 Å². The van der Waals surface area contributed by atoms with E-state index in [2.05, 4.69) is 10.2 Å². The molecule has 5 rings (SSSR count). The molecule has 4 aromatic rings. The molecule has 10 nitrogen and oxygen atoms in total. The molecule has 1 saturated heterocycles. The first-order valence-corrected chi connectivity index (χ1v) is 13.7. The fraction of sp³-hybridized carbons (Fsp3) is 0.323. The number of halogens is 1. The van der Waals surface area contributed by atoms with Crippen molar-refractivity contribution >= 4 is 28.3 Å². The van der Waals surface area contributed by atoms with E-state index in [1.165, 1.54) is 36.3 Å². The summed E-state index contributed by atoms with van der Waals surface area (Å²) in [5.41, 5.74) is 2.14. The highest BCUT2D eigenvalue weighted by Gasteiger charge is 2.32. The van der Waals surface area contributed by atoms with Gasteiger partial charge in [0, 0.05) is 37.9 Å². The molecule has 0 spiro atoms. The highest BCUT2D eigenvalue weighted by atomic mass is 19.1. The van der Waals surface area contributed by atoms with Gasteiger partial charge in [0.2, 0.25) is 0 Å². The third kappa shape index (κ3) is 5.73. The summed E-state index contributed by atoms with van der Waals surface area (Å²) >= 11 is 0. The zero-order chi connectivity index (χ0) is 30.0. The molecular weight excluding hydrogens is 539 g/mol. The van der Waals surface area contributed by atoms with Gasteiger partial charge in [-0.05, 0) is 69.4 Å². The maximum atomic E-state index is 14.1. The summed E-state index contributed by atoms with van der Waals surface area (Å²) in [6.07, 6.45) is 0. The van der Waals surface area contributed by atoms with E-state index >= 15 is 0 Å². The van der Waals surface area contributed by atoms with Crippen LogP contribution in [0.25, 0.3) is 10.9 Å². The third-order valence-corrected chi connectivity index (χ3v) is 7.51.